The Labute approximate surface area is 138 Å². The predicted molar refractivity (Wildman–Crippen MR) is 84.3 cm³/mol. The summed E-state index contributed by atoms with van der Waals surface area (Å²) in [6.07, 6.45) is 0.223. The highest BCUT2D eigenvalue weighted by atomic mass is 35.5. The van der Waals surface area contributed by atoms with Gasteiger partial charge in [-0.1, -0.05) is 23.2 Å². The summed E-state index contributed by atoms with van der Waals surface area (Å²) < 4.78 is 5.30. The topological polar surface area (TPSA) is 49.9 Å². The van der Waals surface area contributed by atoms with Gasteiger partial charge in [-0.05, 0) is 18.2 Å². The first-order valence-corrected chi connectivity index (χ1v) is 7.93. The molecule has 2 aliphatic rings. The van der Waals surface area contributed by atoms with Gasteiger partial charge < -0.3 is 4.74 Å². The Morgan fingerprint density at radius 2 is 1.73 bits per heavy atom. The van der Waals surface area contributed by atoms with E-state index in [2.05, 4.69) is 4.90 Å². The van der Waals surface area contributed by atoms with Crippen LogP contribution in [0.15, 0.2) is 18.2 Å². The molecule has 0 saturated carbocycles. The van der Waals surface area contributed by atoms with Crippen LogP contribution >= 0.6 is 23.2 Å². The van der Waals surface area contributed by atoms with Gasteiger partial charge in [-0.15, -0.1) is 0 Å². The van der Waals surface area contributed by atoms with Gasteiger partial charge in [-0.2, -0.15) is 0 Å². The highest BCUT2D eigenvalue weighted by molar-refractivity contribution is 6.35. The van der Waals surface area contributed by atoms with Crippen LogP contribution in [0, 0.1) is 5.92 Å². The van der Waals surface area contributed by atoms with E-state index in [0.29, 0.717) is 35.5 Å². The van der Waals surface area contributed by atoms with Crippen molar-refractivity contribution in [2.75, 3.05) is 37.7 Å². The highest BCUT2D eigenvalue weighted by Crippen LogP contribution is 2.31. The summed E-state index contributed by atoms with van der Waals surface area (Å²) in [5.41, 5.74) is 0.442. The molecule has 0 aliphatic carbocycles. The van der Waals surface area contributed by atoms with Gasteiger partial charge in [0.2, 0.25) is 11.8 Å². The number of amides is 2. The summed E-state index contributed by atoms with van der Waals surface area (Å²) in [5.74, 6) is -0.709. The molecule has 2 heterocycles. The summed E-state index contributed by atoms with van der Waals surface area (Å²) in [5, 5.41) is 0.805. The van der Waals surface area contributed by atoms with Crippen LogP contribution in [0.5, 0.6) is 0 Å². The van der Waals surface area contributed by atoms with E-state index in [1.54, 1.807) is 18.2 Å². The SMILES string of the molecule is O=C1CC(CN2CCOCC2)C(=O)N1c1cc(Cl)cc(Cl)c1. The first kappa shape index (κ1) is 15.7. The molecule has 1 aromatic carbocycles. The second-order valence-electron chi connectivity index (χ2n) is 5.51. The minimum Gasteiger partial charge on any atom is -0.379 e. The molecule has 0 N–H and O–H groups in total. The van der Waals surface area contributed by atoms with Gasteiger partial charge in [0, 0.05) is 36.1 Å². The molecule has 5 nitrogen and oxygen atoms in total. The number of benzene rings is 1. The predicted octanol–water partition coefficient (Wildman–Crippen LogP) is 2.21. The molecular formula is C15H16Cl2N2O3. The molecule has 118 valence electrons. The van der Waals surface area contributed by atoms with Crippen LogP contribution < -0.4 is 4.90 Å². The number of rotatable bonds is 3. The maximum Gasteiger partial charge on any atom is 0.238 e. The van der Waals surface area contributed by atoms with Crippen molar-refractivity contribution in [2.24, 2.45) is 5.92 Å². The molecule has 22 heavy (non-hydrogen) atoms. The minimum absolute atomic E-state index is 0.185. The second-order valence-corrected chi connectivity index (χ2v) is 6.38. The zero-order valence-electron chi connectivity index (χ0n) is 11.9. The van der Waals surface area contributed by atoms with Crippen molar-refractivity contribution in [3.63, 3.8) is 0 Å². The lowest BCUT2D eigenvalue weighted by atomic mass is 10.1. The number of carbonyl (C=O) groups is 2. The lowest BCUT2D eigenvalue weighted by Gasteiger charge is -2.28. The van der Waals surface area contributed by atoms with E-state index in [1.807, 2.05) is 0 Å². The van der Waals surface area contributed by atoms with Gasteiger partial charge in [0.05, 0.1) is 24.8 Å². The van der Waals surface area contributed by atoms with Crippen molar-refractivity contribution >= 4 is 40.7 Å². The van der Waals surface area contributed by atoms with E-state index in [4.69, 9.17) is 27.9 Å². The highest BCUT2D eigenvalue weighted by Gasteiger charge is 2.40. The largest absolute Gasteiger partial charge is 0.379 e. The third-order valence-corrected chi connectivity index (χ3v) is 4.36. The number of carbonyl (C=O) groups excluding carboxylic acids is 2. The zero-order valence-corrected chi connectivity index (χ0v) is 13.4. The van der Waals surface area contributed by atoms with Crippen molar-refractivity contribution in [3.8, 4) is 0 Å². The minimum atomic E-state index is -0.316. The van der Waals surface area contributed by atoms with Crippen LogP contribution in [-0.4, -0.2) is 49.6 Å². The second kappa shape index (κ2) is 6.54. The molecule has 0 radical (unpaired) electrons. The number of hydrogen-bond donors (Lipinski definition) is 0. The van der Waals surface area contributed by atoms with Crippen LogP contribution in [0.2, 0.25) is 10.0 Å². The Bertz CT molecular complexity index is 582. The molecule has 3 rings (SSSR count). The summed E-state index contributed by atoms with van der Waals surface area (Å²) in [7, 11) is 0. The van der Waals surface area contributed by atoms with Gasteiger partial charge >= 0.3 is 0 Å². The molecule has 7 heteroatoms. The quantitative estimate of drug-likeness (QED) is 0.790. The average molecular weight is 343 g/mol. The number of morpholine rings is 1. The maximum absolute atomic E-state index is 12.6. The fourth-order valence-corrected chi connectivity index (χ4v) is 3.39. The molecule has 2 aliphatic heterocycles. The zero-order chi connectivity index (χ0) is 15.7. The van der Waals surface area contributed by atoms with Crippen LogP contribution in [0.25, 0.3) is 0 Å². The van der Waals surface area contributed by atoms with E-state index in [-0.39, 0.29) is 24.2 Å². The molecule has 2 amide bonds. The third-order valence-electron chi connectivity index (χ3n) is 3.93. The van der Waals surface area contributed by atoms with Gasteiger partial charge in [-0.3, -0.25) is 19.4 Å². The third kappa shape index (κ3) is 3.27. The standard InChI is InChI=1S/C15H16Cl2N2O3/c16-11-6-12(17)8-13(7-11)19-14(20)5-10(15(19)21)9-18-1-3-22-4-2-18/h6-8,10H,1-5,9H2. The molecule has 1 aromatic rings. The van der Waals surface area contributed by atoms with Crippen molar-refractivity contribution in [3.05, 3.63) is 28.2 Å². The summed E-state index contributed by atoms with van der Waals surface area (Å²) >= 11 is 11.9. The molecule has 0 spiro atoms. The first-order chi connectivity index (χ1) is 10.5. The van der Waals surface area contributed by atoms with Crippen LogP contribution in [-0.2, 0) is 14.3 Å². The van der Waals surface area contributed by atoms with E-state index >= 15 is 0 Å². The number of halogens is 2. The Morgan fingerprint density at radius 1 is 1.09 bits per heavy atom. The van der Waals surface area contributed by atoms with E-state index in [0.717, 1.165) is 13.1 Å². The van der Waals surface area contributed by atoms with Crippen molar-refractivity contribution in [1.29, 1.82) is 0 Å². The number of hydrogen-bond acceptors (Lipinski definition) is 4. The van der Waals surface area contributed by atoms with Gasteiger partial charge in [0.15, 0.2) is 0 Å². The lowest BCUT2D eigenvalue weighted by molar-refractivity contribution is -0.122. The van der Waals surface area contributed by atoms with Crippen molar-refractivity contribution < 1.29 is 14.3 Å². The van der Waals surface area contributed by atoms with E-state index < -0.39 is 0 Å². The Morgan fingerprint density at radius 3 is 2.36 bits per heavy atom. The Balaban J connectivity index is 1.76. The van der Waals surface area contributed by atoms with Gasteiger partial charge in [0.25, 0.3) is 0 Å². The fourth-order valence-electron chi connectivity index (χ4n) is 2.87. The number of imide groups is 1. The molecule has 2 fully saturated rings. The molecule has 2 saturated heterocycles. The molecule has 0 bridgehead atoms. The smallest absolute Gasteiger partial charge is 0.238 e. The molecule has 0 aromatic heterocycles. The lowest BCUT2D eigenvalue weighted by Crippen LogP contribution is -2.41. The van der Waals surface area contributed by atoms with Crippen LogP contribution in [0.4, 0.5) is 5.69 Å². The van der Waals surface area contributed by atoms with E-state index in [9.17, 15) is 9.59 Å². The fraction of sp³-hybridized carbons (Fsp3) is 0.467. The Kier molecular flexibility index (Phi) is 4.68. The normalized spacial score (nSPS) is 23.4. The molecule has 1 atom stereocenters. The van der Waals surface area contributed by atoms with E-state index in [1.165, 1.54) is 4.90 Å². The number of ether oxygens (including phenoxy) is 1. The van der Waals surface area contributed by atoms with Crippen LogP contribution in [0.3, 0.4) is 0 Å². The monoisotopic (exact) mass is 342 g/mol. The molecule has 1 unspecified atom stereocenters. The number of anilines is 1. The van der Waals surface area contributed by atoms with Crippen LogP contribution in [0.1, 0.15) is 6.42 Å². The van der Waals surface area contributed by atoms with Gasteiger partial charge in [0.1, 0.15) is 0 Å². The average Bonchev–Trinajstić information content (AvgIpc) is 2.73. The summed E-state index contributed by atoms with van der Waals surface area (Å²) in [6.45, 7) is 3.51. The van der Waals surface area contributed by atoms with Crippen molar-refractivity contribution in [1.82, 2.24) is 4.90 Å². The summed E-state index contributed by atoms with van der Waals surface area (Å²) in [6, 6.07) is 4.74. The number of nitrogens with zero attached hydrogens (tertiary/aromatic N) is 2. The van der Waals surface area contributed by atoms with Crippen molar-refractivity contribution in [2.45, 2.75) is 6.42 Å². The maximum atomic E-state index is 12.6. The first-order valence-electron chi connectivity index (χ1n) is 7.17. The van der Waals surface area contributed by atoms with Gasteiger partial charge in [-0.25, -0.2) is 0 Å². The molecular weight excluding hydrogens is 327 g/mol. The summed E-state index contributed by atoms with van der Waals surface area (Å²) in [4.78, 5) is 28.2. The Hall–Kier alpha value is -1.14.